The third kappa shape index (κ3) is 3.02. The second-order valence-corrected chi connectivity index (χ2v) is 8.54. The number of rotatable bonds is 3. The van der Waals surface area contributed by atoms with Gasteiger partial charge >= 0.3 is 0 Å². The van der Waals surface area contributed by atoms with Gasteiger partial charge in [-0.25, -0.2) is 9.97 Å². The molecule has 166 valence electrons. The van der Waals surface area contributed by atoms with Crippen LogP contribution in [-0.2, 0) is 0 Å². The minimum Gasteiger partial charge on any atom is -0.507 e. The molecule has 0 bridgehead atoms. The van der Waals surface area contributed by atoms with Gasteiger partial charge in [-0.15, -0.1) is 0 Å². The second-order valence-electron chi connectivity index (χ2n) is 8.54. The zero-order valence-corrected chi connectivity index (χ0v) is 18.7. The third-order valence-corrected chi connectivity index (χ3v) is 6.44. The van der Waals surface area contributed by atoms with Gasteiger partial charge in [-0.1, -0.05) is 54.6 Å². The lowest BCUT2D eigenvalue weighted by atomic mass is 10.1. The maximum Gasteiger partial charge on any atom is 0.220 e. The number of hydrogen-bond acceptors (Lipinski definition) is 3. The molecule has 35 heavy (non-hydrogen) atoms. The molecule has 0 fully saturated rings. The summed E-state index contributed by atoms with van der Waals surface area (Å²) in [5.41, 5.74) is 8.56. The van der Waals surface area contributed by atoms with Crippen LogP contribution in [-0.4, -0.2) is 24.0 Å². The van der Waals surface area contributed by atoms with Crippen LogP contribution in [0.3, 0.4) is 0 Å². The van der Waals surface area contributed by atoms with E-state index in [9.17, 15) is 5.11 Å². The highest BCUT2D eigenvalue weighted by Gasteiger charge is 2.17. The topological polar surface area (TPSA) is 55.4 Å². The molecule has 7 aromatic rings. The summed E-state index contributed by atoms with van der Waals surface area (Å²) in [5, 5.41) is 10.3. The SMILES string of the molecule is Oc1ccccc1-c1cccc(-c2cccc(-n3c4ccccc4n4c5ccccc5nc34)c2)n1. The Morgan fingerprint density at radius 3 is 2.17 bits per heavy atom. The molecule has 3 heterocycles. The van der Waals surface area contributed by atoms with E-state index >= 15 is 0 Å². The van der Waals surface area contributed by atoms with E-state index < -0.39 is 0 Å². The molecule has 4 aromatic carbocycles. The molecule has 3 aromatic heterocycles. The molecule has 0 saturated heterocycles. The number of imidazole rings is 2. The number of phenols is 1. The normalized spacial score (nSPS) is 11.5. The van der Waals surface area contributed by atoms with Gasteiger partial charge in [0.1, 0.15) is 5.75 Å². The number of pyridine rings is 1. The molecule has 0 saturated carbocycles. The largest absolute Gasteiger partial charge is 0.507 e. The number of aromatic hydroxyl groups is 1. The van der Waals surface area contributed by atoms with Crippen molar-refractivity contribution in [1.82, 2.24) is 18.9 Å². The first-order valence-corrected chi connectivity index (χ1v) is 11.5. The first-order chi connectivity index (χ1) is 17.3. The van der Waals surface area contributed by atoms with Crippen LogP contribution in [0.1, 0.15) is 0 Å². The molecule has 0 radical (unpaired) electrons. The zero-order valence-electron chi connectivity index (χ0n) is 18.7. The summed E-state index contributed by atoms with van der Waals surface area (Å²) in [6.07, 6.45) is 0. The van der Waals surface area contributed by atoms with Crippen LogP contribution < -0.4 is 0 Å². The molecule has 1 N–H and O–H groups in total. The van der Waals surface area contributed by atoms with Crippen LogP contribution in [0, 0.1) is 0 Å². The summed E-state index contributed by atoms with van der Waals surface area (Å²) in [7, 11) is 0. The van der Waals surface area contributed by atoms with E-state index in [-0.39, 0.29) is 5.75 Å². The van der Waals surface area contributed by atoms with Gasteiger partial charge in [0.15, 0.2) is 0 Å². The second kappa shape index (κ2) is 7.57. The van der Waals surface area contributed by atoms with Crippen molar-refractivity contribution in [3.63, 3.8) is 0 Å². The average Bonchev–Trinajstić information content (AvgIpc) is 3.44. The lowest BCUT2D eigenvalue weighted by Crippen LogP contribution is -1.96. The quantitative estimate of drug-likeness (QED) is 0.318. The molecular weight excluding hydrogens is 432 g/mol. The Bertz CT molecular complexity index is 1880. The predicted octanol–water partition coefficient (Wildman–Crippen LogP) is 6.87. The van der Waals surface area contributed by atoms with Crippen molar-refractivity contribution in [3.8, 4) is 34.0 Å². The van der Waals surface area contributed by atoms with Gasteiger partial charge < -0.3 is 5.11 Å². The van der Waals surface area contributed by atoms with Crippen molar-refractivity contribution in [2.75, 3.05) is 0 Å². The Morgan fingerprint density at radius 1 is 0.571 bits per heavy atom. The van der Waals surface area contributed by atoms with Crippen molar-refractivity contribution >= 4 is 27.8 Å². The molecule has 0 atom stereocenters. The van der Waals surface area contributed by atoms with Crippen molar-refractivity contribution in [2.24, 2.45) is 0 Å². The summed E-state index contributed by atoms with van der Waals surface area (Å²) in [5.74, 6) is 1.10. The van der Waals surface area contributed by atoms with Crippen molar-refractivity contribution in [2.45, 2.75) is 0 Å². The molecule has 0 unspecified atom stereocenters. The first-order valence-electron chi connectivity index (χ1n) is 11.5. The number of hydrogen-bond donors (Lipinski definition) is 1. The summed E-state index contributed by atoms with van der Waals surface area (Å²) < 4.78 is 4.42. The van der Waals surface area contributed by atoms with E-state index in [2.05, 4.69) is 57.5 Å². The third-order valence-electron chi connectivity index (χ3n) is 6.44. The number of benzene rings is 4. The monoisotopic (exact) mass is 452 g/mol. The molecule has 0 aliphatic heterocycles. The summed E-state index contributed by atoms with van der Waals surface area (Å²) >= 11 is 0. The van der Waals surface area contributed by atoms with Crippen LogP contribution >= 0.6 is 0 Å². The smallest absolute Gasteiger partial charge is 0.220 e. The van der Waals surface area contributed by atoms with E-state index in [0.717, 1.165) is 50.5 Å². The summed E-state index contributed by atoms with van der Waals surface area (Å²) in [4.78, 5) is 9.84. The fourth-order valence-corrected chi connectivity index (χ4v) is 4.85. The van der Waals surface area contributed by atoms with Crippen molar-refractivity contribution in [3.05, 3.63) is 115 Å². The standard InChI is InChI=1S/C30H20N4O/c35-29-18-6-1-11-22(29)24-14-8-13-23(31-24)20-9-7-10-21(19-20)33-27-16-4-5-17-28(27)34-26-15-3-2-12-25(26)32-30(33)34/h1-19,35H. The highest BCUT2D eigenvalue weighted by Crippen LogP contribution is 2.32. The molecular formula is C30H20N4O. The molecule has 0 amide bonds. The lowest BCUT2D eigenvalue weighted by molar-refractivity contribution is 0.477. The number of phenolic OH excluding ortho intramolecular Hbond substituents is 1. The van der Waals surface area contributed by atoms with E-state index in [1.54, 1.807) is 6.07 Å². The lowest BCUT2D eigenvalue weighted by Gasteiger charge is -2.10. The highest BCUT2D eigenvalue weighted by atomic mass is 16.3. The molecule has 5 heteroatoms. The molecule has 7 rings (SSSR count). The summed E-state index contributed by atoms with van der Waals surface area (Å²) in [6.45, 7) is 0. The Balaban J connectivity index is 1.43. The minimum absolute atomic E-state index is 0.221. The van der Waals surface area contributed by atoms with Crippen molar-refractivity contribution in [1.29, 1.82) is 0 Å². The van der Waals surface area contributed by atoms with Crippen molar-refractivity contribution < 1.29 is 5.11 Å². The Morgan fingerprint density at radius 2 is 1.29 bits per heavy atom. The van der Waals surface area contributed by atoms with E-state index in [1.165, 1.54) is 0 Å². The predicted molar refractivity (Wildman–Crippen MR) is 140 cm³/mol. The van der Waals surface area contributed by atoms with Gasteiger partial charge in [0, 0.05) is 16.8 Å². The molecule has 0 aliphatic carbocycles. The van der Waals surface area contributed by atoms with Crippen LogP contribution in [0.5, 0.6) is 5.75 Å². The maximum atomic E-state index is 10.3. The summed E-state index contributed by atoms with van der Waals surface area (Å²) in [6, 6.07) is 38.1. The van der Waals surface area contributed by atoms with Gasteiger partial charge in [-0.05, 0) is 60.7 Å². The average molecular weight is 453 g/mol. The maximum absolute atomic E-state index is 10.3. The minimum atomic E-state index is 0.221. The Labute approximate surface area is 201 Å². The van der Waals surface area contributed by atoms with Crippen LogP contribution in [0.25, 0.3) is 56.0 Å². The zero-order chi connectivity index (χ0) is 23.4. The van der Waals surface area contributed by atoms with Gasteiger partial charge in [0.2, 0.25) is 5.78 Å². The number of fused-ring (bicyclic) bond motifs is 5. The van der Waals surface area contributed by atoms with Gasteiger partial charge in [-0.3, -0.25) is 8.97 Å². The van der Waals surface area contributed by atoms with Gasteiger partial charge in [-0.2, -0.15) is 0 Å². The Kier molecular flexibility index (Phi) is 4.23. The fraction of sp³-hybridized carbons (Fsp3) is 0. The molecule has 0 aliphatic rings. The van der Waals surface area contributed by atoms with Gasteiger partial charge in [0.25, 0.3) is 0 Å². The van der Waals surface area contributed by atoms with E-state index in [0.29, 0.717) is 5.56 Å². The first kappa shape index (κ1) is 19.6. The number of para-hydroxylation sites is 5. The molecule has 0 spiro atoms. The van der Waals surface area contributed by atoms with Crippen LogP contribution in [0.4, 0.5) is 0 Å². The van der Waals surface area contributed by atoms with Crippen LogP contribution in [0.2, 0.25) is 0 Å². The van der Waals surface area contributed by atoms with Gasteiger partial charge in [0.05, 0.1) is 33.5 Å². The molecule has 5 nitrogen and oxygen atoms in total. The van der Waals surface area contributed by atoms with E-state index in [1.807, 2.05) is 60.7 Å². The number of nitrogens with zero attached hydrogens (tertiary/aromatic N) is 4. The Hall–Kier alpha value is -4.90. The number of aromatic nitrogens is 4. The fourth-order valence-electron chi connectivity index (χ4n) is 4.85. The van der Waals surface area contributed by atoms with E-state index in [4.69, 9.17) is 9.97 Å². The van der Waals surface area contributed by atoms with Crippen LogP contribution in [0.15, 0.2) is 115 Å². The highest BCUT2D eigenvalue weighted by molar-refractivity contribution is 5.92.